The molecule has 0 saturated heterocycles. The topological polar surface area (TPSA) is 15.3 Å². The second kappa shape index (κ2) is 6.38. The average Bonchev–Trinajstić information content (AvgIpc) is 2.65. The van der Waals surface area contributed by atoms with E-state index in [1.807, 2.05) is 11.3 Å². The molecule has 0 saturated carbocycles. The van der Waals surface area contributed by atoms with Crippen molar-refractivity contribution in [1.29, 1.82) is 0 Å². The van der Waals surface area contributed by atoms with Gasteiger partial charge in [0.2, 0.25) is 0 Å². The van der Waals surface area contributed by atoms with E-state index in [4.69, 9.17) is 0 Å². The van der Waals surface area contributed by atoms with E-state index in [1.54, 1.807) is 0 Å². The van der Waals surface area contributed by atoms with Crippen LogP contribution in [0.3, 0.4) is 0 Å². The standard InChI is InChI=1S/C13H24N2S/c1-13(2,3)14-8-10-15(4)9-7-12-6-5-11-16-12/h5-6,11,14H,7-10H2,1-4H3. The number of nitrogens with zero attached hydrogens (tertiary/aromatic N) is 1. The molecular weight excluding hydrogens is 216 g/mol. The fourth-order valence-electron chi connectivity index (χ4n) is 1.49. The summed E-state index contributed by atoms with van der Waals surface area (Å²) in [6, 6.07) is 4.34. The van der Waals surface area contributed by atoms with Crippen LogP contribution in [0.4, 0.5) is 0 Å². The highest BCUT2D eigenvalue weighted by Gasteiger charge is 2.08. The number of rotatable bonds is 6. The van der Waals surface area contributed by atoms with E-state index in [-0.39, 0.29) is 5.54 Å². The summed E-state index contributed by atoms with van der Waals surface area (Å²) in [7, 11) is 2.19. The Balaban J connectivity index is 2.09. The lowest BCUT2D eigenvalue weighted by Crippen LogP contribution is -2.40. The quantitative estimate of drug-likeness (QED) is 0.822. The fraction of sp³-hybridized carbons (Fsp3) is 0.692. The Morgan fingerprint density at radius 1 is 1.31 bits per heavy atom. The first-order valence-electron chi connectivity index (χ1n) is 5.93. The van der Waals surface area contributed by atoms with E-state index < -0.39 is 0 Å². The second-order valence-corrected chi connectivity index (χ2v) is 6.34. The van der Waals surface area contributed by atoms with Gasteiger partial charge in [0.1, 0.15) is 0 Å². The van der Waals surface area contributed by atoms with Crippen LogP contribution < -0.4 is 5.32 Å². The van der Waals surface area contributed by atoms with Crippen molar-refractivity contribution in [3.8, 4) is 0 Å². The molecule has 92 valence electrons. The summed E-state index contributed by atoms with van der Waals surface area (Å²) in [4.78, 5) is 3.87. The molecule has 1 N–H and O–H groups in total. The van der Waals surface area contributed by atoms with Crippen molar-refractivity contribution in [3.05, 3.63) is 22.4 Å². The summed E-state index contributed by atoms with van der Waals surface area (Å²) in [6.45, 7) is 9.94. The molecule has 0 bridgehead atoms. The maximum atomic E-state index is 3.51. The van der Waals surface area contributed by atoms with Gasteiger partial charge in [0.05, 0.1) is 0 Å². The summed E-state index contributed by atoms with van der Waals surface area (Å²) in [6.07, 6.45) is 1.17. The normalized spacial score (nSPS) is 12.3. The number of hydrogen-bond donors (Lipinski definition) is 1. The predicted octanol–water partition coefficient (Wildman–Crippen LogP) is 2.61. The average molecular weight is 240 g/mol. The zero-order chi connectivity index (χ0) is 12.0. The molecule has 0 amide bonds. The molecule has 1 heterocycles. The van der Waals surface area contributed by atoms with E-state index in [0.717, 1.165) is 19.6 Å². The van der Waals surface area contributed by atoms with Crippen molar-refractivity contribution in [2.75, 3.05) is 26.7 Å². The first kappa shape index (κ1) is 13.7. The Hall–Kier alpha value is -0.380. The lowest BCUT2D eigenvalue weighted by atomic mass is 10.1. The van der Waals surface area contributed by atoms with Gasteiger partial charge in [-0.15, -0.1) is 11.3 Å². The third-order valence-electron chi connectivity index (χ3n) is 2.47. The molecule has 1 aromatic heterocycles. The van der Waals surface area contributed by atoms with Gasteiger partial charge in [0, 0.05) is 30.1 Å². The van der Waals surface area contributed by atoms with Gasteiger partial charge in [-0.25, -0.2) is 0 Å². The highest BCUT2D eigenvalue weighted by molar-refractivity contribution is 7.09. The minimum absolute atomic E-state index is 0.231. The van der Waals surface area contributed by atoms with Crippen LogP contribution in [-0.4, -0.2) is 37.1 Å². The van der Waals surface area contributed by atoms with Gasteiger partial charge in [0.15, 0.2) is 0 Å². The van der Waals surface area contributed by atoms with Crippen LogP contribution in [-0.2, 0) is 6.42 Å². The van der Waals surface area contributed by atoms with Crippen molar-refractivity contribution in [2.45, 2.75) is 32.7 Å². The summed E-state index contributed by atoms with van der Waals surface area (Å²) >= 11 is 1.85. The largest absolute Gasteiger partial charge is 0.311 e. The third kappa shape index (κ3) is 6.26. The summed E-state index contributed by atoms with van der Waals surface area (Å²) < 4.78 is 0. The lowest BCUT2D eigenvalue weighted by Gasteiger charge is -2.23. The summed E-state index contributed by atoms with van der Waals surface area (Å²) in [5, 5.41) is 5.66. The molecule has 0 fully saturated rings. The van der Waals surface area contributed by atoms with Crippen LogP contribution in [0.5, 0.6) is 0 Å². The van der Waals surface area contributed by atoms with Gasteiger partial charge in [-0.05, 0) is 45.7 Å². The van der Waals surface area contributed by atoms with E-state index in [9.17, 15) is 0 Å². The molecule has 0 aliphatic rings. The number of nitrogens with one attached hydrogen (secondary N) is 1. The lowest BCUT2D eigenvalue weighted by molar-refractivity contribution is 0.313. The molecular formula is C13H24N2S. The molecule has 16 heavy (non-hydrogen) atoms. The monoisotopic (exact) mass is 240 g/mol. The number of likely N-dealkylation sites (N-methyl/N-ethyl adjacent to an activating group) is 1. The van der Waals surface area contributed by atoms with Crippen molar-refractivity contribution in [3.63, 3.8) is 0 Å². The predicted molar refractivity (Wildman–Crippen MR) is 73.3 cm³/mol. The molecule has 0 aliphatic carbocycles. The molecule has 3 heteroatoms. The Kier molecular flexibility index (Phi) is 5.46. The Labute approximate surface area is 104 Å². The van der Waals surface area contributed by atoms with Gasteiger partial charge in [-0.1, -0.05) is 6.07 Å². The molecule has 2 nitrogen and oxygen atoms in total. The van der Waals surface area contributed by atoms with Gasteiger partial charge in [-0.3, -0.25) is 0 Å². The van der Waals surface area contributed by atoms with Crippen LogP contribution in [0, 0.1) is 0 Å². The molecule has 0 radical (unpaired) electrons. The molecule has 0 atom stereocenters. The van der Waals surface area contributed by atoms with E-state index >= 15 is 0 Å². The van der Waals surface area contributed by atoms with Crippen molar-refractivity contribution >= 4 is 11.3 Å². The van der Waals surface area contributed by atoms with Crippen molar-refractivity contribution in [2.24, 2.45) is 0 Å². The molecule has 0 aliphatic heterocycles. The molecule has 0 unspecified atom stereocenters. The van der Waals surface area contributed by atoms with Gasteiger partial charge in [-0.2, -0.15) is 0 Å². The Morgan fingerprint density at radius 3 is 2.62 bits per heavy atom. The van der Waals surface area contributed by atoms with Crippen LogP contribution in [0.2, 0.25) is 0 Å². The van der Waals surface area contributed by atoms with Crippen LogP contribution in [0.15, 0.2) is 17.5 Å². The number of hydrogen-bond acceptors (Lipinski definition) is 3. The van der Waals surface area contributed by atoms with Crippen LogP contribution in [0.1, 0.15) is 25.6 Å². The maximum Gasteiger partial charge on any atom is 0.0104 e. The minimum Gasteiger partial charge on any atom is -0.311 e. The highest BCUT2D eigenvalue weighted by Crippen LogP contribution is 2.09. The maximum absolute atomic E-state index is 3.51. The Bertz CT molecular complexity index is 275. The number of thiophene rings is 1. The first-order valence-corrected chi connectivity index (χ1v) is 6.81. The van der Waals surface area contributed by atoms with Crippen LogP contribution in [0.25, 0.3) is 0 Å². The second-order valence-electron chi connectivity index (χ2n) is 5.31. The molecule has 1 rings (SSSR count). The summed E-state index contributed by atoms with van der Waals surface area (Å²) in [5.74, 6) is 0. The fourth-order valence-corrected chi connectivity index (χ4v) is 2.19. The van der Waals surface area contributed by atoms with Gasteiger partial charge < -0.3 is 10.2 Å². The Morgan fingerprint density at radius 2 is 2.06 bits per heavy atom. The zero-order valence-electron chi connectivity index (χ0n) is 10.9. The molecule has 0 spiro atoms. The van der Waals surface area contributed by atoms with Crippen molar-refractivity contribution in [1.82, 2.24) is 10.2 Å². The molecule has 0 aromatic carbocycles. The van der Waals surface area contributed by atoms with Crippen molar-refractivity contribution < 1.29 is 0 Å². The first-order chi connectivity index (χ1) is 7.47. The minimum atomic E-state index is 0.231. The van der Waals surface area contributed by atoms with Crippen LogP contribution >= 0.6 is 11.3 Å². The summed E-state index contributed by atoms with van der Waals surface area (Å²) in [5.41, 5.74) is 0.231. The van der Waals surface area contributed by atoms with E-state index in [2.05, 4.69) is 55.5 Å². The van der Waals surface area contributed by atoms with Gasteiger partial charge >= 0.3 is 0 Å². The molecule has 1 aromatic rings. The third-order valence-corrected chi connectivity index (χ3v) is 3.41. The van der Waals surface area contributed by atoms with E-state index in [0.29, 0.717) is 0 Å². The SMILES string of the molecule is CN(CCNC(C)(C)C)CCc1cccs1. The zero-order valence-corrected chi connectivity index (χ0v) is 11.7. The van der Waals surface area contributed by atoms with Gasteiger partial charge in [0.25, 0.3) is 0 Å². The highest BCUT2D eigenvalue weighted by atomic mass is 32.1. The smallest absolute Gasteiger partial charge is 0.0104 e. The van der Waals surface area contributed by atoms with E-state index in [1.165, 1.54) is 11.3 Å².